The standard InChI is InChI=1S/C18H12F9NO5S/c1-9-4-10(2-3-14(9)28(29)30)15(18(25,26)27,8-34(31,32)33)11-5-12(16(19,20)21)7-13(6-11)17(22,23)24/h2-7H,8H2,1H3,(H,31,32,33). The summed E-state index contributed by atoms with van der Waals surface area (Å²) in [5, 5.41) is 11.0. The number of alkyl halides is 9. The van der Waals surface area contributed by atoms with Gasteiger partial charge in [-0.2, -0.15) is 47.9 Å². The lowest BCUT2D eigenvalue weighted by Gasteiger charge is -2.36. The van der Waals surface area contributed by atoms with Crippen molar-refractivity contribution in [3.63, 3.8) is 0 Å². The van der Waals surface area contributed by atoms with Gasteiger partial charge in [-0.3, -0.25) is 14.7 Å². The molecule has 1 unspecified atom stereocenters. The third-order valence-corrected chi connectivity index (χ3v) is 5.65. The van der Waals surface area contributed by atoms with E-state index < -0.39 is 84.3 Å². The highest BCUT2D eigenvalue weighted by atomic mass is 32.2. The molecule has 2 aromatic rings. The van der Waals surface area contributed by atoms with Crippen LogP contribution in [0, 0.1) is 17.0 Å². The van der Waals surface area contributed by atoms with Crippen LogP contribution in [0.5, 0.6) is 0 Å². The molecule has 0 fully saturated rings. The first-order valence-electron chi connectivity index (χ1n) is 8.67. The highest BCUT2D eigenvalue weighted by molar-refractivity contribution is 7.85. The number of aryl methyl sites for hydroxylation is 1. The lowest BCUT2D eigenvalue weighted by atomic mass is 9.73. The minimum absolute atomic E-state index is 0.315. The van der Waals surface area contributed by atoms with Gasteiger partial charge in [0.05, 0.1) is 21.8 Å². The summed E-state index contributed by atoms with van der Waals surface area (Å²) in [5.41, 5.74) is -12.8. The first-order chi connectivity index (χ1) is 15.1. The third-order valence-electron chi connectivity index (χ3n) is 4.85. The molecule has 0 aliphatic heterocycles. The van der Waals surface area contributed by atoms with E-state index in [9.17, 15) is 62.6 Å². The predicted octanol–water partition coefficient (Wildman–Crippen LogP) is 5.68. The quantitative estimate of drug-likeness (QED) is 0.235. The molecule has 34 heavy (non-hydrogen) atoms. The second-order valence-electron chi connectivity index (χ2n) is 7.18. The molecule has 2 rings (SSSR count). The average Bonchev–Trinajstić information content (AvgIpc) is 2.62. The van der Waals surface area contributed by atoms with Crippen molar-refractivity contribution in [1.82, 2.24) is 0 Å². The first-order valence-corrected chi connectivity index (χ1v) is 10.3. The van der Waals surface area contributed by atoms with Crippen molar-refractivity contribution in [3.8, 4) is 0 Å². The summed E-state index contributed by atoms with van der Waals surface area (Å²) >= 11 is 0. The molecule has 0 aliphatic rings. The molecule has 16 heteroatoms. The summed E-state index contributed by atoms with van der Waals surface area (Å²) in [4.78, 5) is 9.96. The van der Waals surface area contributed by atoms with Crippen LogP contribution in [0.2, 0.25) is 0 Å². The fourth-order valence-corrected chi connectivity index (χ4v) is 4.39. The van der Waals surface area contributed by atoms with Crippen LogP contribution in [0.1, 0.15) is 27.8 Å². The number of hydrogen-bond acceptors (Lipinski definition) is 4. The molecule has 6 nitrogen and oxygen atoms in total. The molecule has 0 radical (unpaired) electrons. The number of rotatable bonds is 5. The van der Waals surface area contributed by atoms with E-state index in [2.05, 4.69) is 0 Å². The van der Waals surface area contributed by atoms with E-state index >= 15 is 0 Å². The number of nitro groups is 1. The van der Waals surface area contributed by atoms with E-state index in [0.29, 0.717) is 18.2 Å². The van der Waals surface area contributed by atoms with Gasteiger partial charge < -0.3 is 0 Å². The number of halogens is 9. The van der Waals surface area contributed by atoms with Gasteiger partial charge in [-0.1, -0.05) is 6.07 Å². The van der Waals surface area contributed by atoms with Crippen molar-refractivity contribution in [3.05, 3.63) is 74.3 Å². The first kappa shape index (κ1) is 27.4. The van der Waals surface area contributed by atoms with Gasteiger partial charge in [-0.15, -0.1) is 0 Å². The van der Waals surface area contributed by atoms with E-state index in [-0.39, 0.29) is 12.1 Å². The van der Waals surface area contributed by atoms with Gasteiger partial charge in [0, 0.05) is 11.6 Å². The summed E-state index contributed by atoms with van der Waals surface area (Å²) in [5.74, 6) is -2.40. The second kappa shape index (κ2) is 8.41. The Hall–Kier alpha value is -2.88. The van der Waals surface area contributed by atoms with Gasteiger partial charge in [0.2, 0.25) is 0 Å². The second-order valence-corrected chi connectivity index (χ2v) is 8.63. The molecule has 0 aromatic heterocycles. The van der Waals surface area contributed by atoms with Crippen molar-refractivity contribution in [1.29, 1.82) is 0 Å². The number of nitrogens with zero attached hydrogens (tertiary/aromatic N) is 1. The lowest BCUT2D eigenvalue weighted by molar-refractivity contribution is -0.385. The Bertz CT molecular complexity index is 1190. The highest BCUT2D eigenvalue weighted by Gasteiger charge is 2.60. The number of nitro benzene ring substituents is 1. The molecule has 1 atom stereocenters. The van der Waals surface area contributed by atoms with Crippen molar-refractivity contribution < 1.29 is 57.4 Å². The van der Waals surface area contributed by atoms with E-state index in [0.717, 1.165) is 6.92 Å². The normalized spacial score (nSPS) is 15.1. The van der Waals surface area contributed by atoms with Crippen LogP contribution in [-0.2, 0) is 27.9 Å². The van der Waals surface area contributed by atoms with Crippen LogP contribution in [0.3, 0.4) is 0 Å². The fourth-order valence-electron chi connectivity index (χ4n) is 3.34. The molecule has 0 saturated carbocycles. The third kappa shape index (κ3) is 5.43. The zero-order chi connectivity index (χ0) is 26.5. The Morgan fingerprint density at radius 3 is 1.59 bits per heavy atom. The van der Waals surface area contributed by atoms with Crippen LogP contribution in [0.4, 0.5) is 45.2 Å². The molecule has 2 aromatic carbocycles. The summed E-state index contributed by atoms with van der Waals surface area (Å²) in [6, 6.07) is 0.142. The van der Waals surface area contributed by atoms with Crippen molar-refractivity contribution in [2.75, 3.05) is 5.75 Å². The smallest absolute Gasteiger partial charge is 0.286 e. The van der Waals surface area contributed by atoms with Crippen molar-refractivity contribution in [2.45, 2.75) is 30.9 Å². The summed E-state index contributed by atoms with van der Waals surface area (Å²) < 4.78 is 155. The molecule has 0 aliphatic carbocycles. The fraction of sp³-hybridized carbons (Fsp3) is 0.333. The summed E-state index contributed by atoms with van der Waals surface area (Å²) in [6.07, 6.45) is -17.0. The summed E-state index contributed by atoms with van der Waals surface area (Å²) in [6.45, 7) is 0.920. The highest BCUT2D eigenvalue weighted by Crippen LogP contribution is 2.50. The van der Waals surface area contributed by atoms with Gasteiger partial charge in [0.1, 0.15) is 5.41 Å². The molecule has 0 amide bonds. The van der Waals surface area contributed by atoms with E-state index in [1.807, 2.05) is 0 Å². The maximum absolute atomic E-state index is 14.5. The minimum Gasteiger partial charge on any atom is -0.286 e. The number of hydrogen-bond donors (Lipinski definition) is 1. The van der Waals surface area contributed by atoms with E-state index in [1.165, 1.54) is 0 Å². The molecule has 0 saturated heterocycles. The Morgan fingerprint density at radius 1 is 0.824 bits per heavy atom. The molecule has 188 valence electrons. The van der Waals surface area contributed by atoms with Crippen molar-refractivity contribution >= 4 is 15.8 Å². The molecule has 0 heterocycles. The van der Waals surface area contributed by atoms with Crippen LogP contribution in [0.15, 0.2) is 36.4 Å². The van der Waals surface area contributed by atoms with Gasteiger partial charge in [-0.25, -0.2) is 0 Å². The Balaban J connectivity index is 3.12. The predicted molar refractivity (Wildman–Crippen MR) is 97.5 cm³/mol. The maximum atomic E-state index is 14.5. The van der Waals surface area contributed by atoms with Crippen LogP contribution in [0.25, 0.3) is 0 Å². The van der Waals surface area contributed by atoms with E-state index in [4.69, 9.17) is 0 Å². The molecule has 0 spiro atoms. The number of benzene rings is 2. The van der Waals surface area contributed by atoms with Crippen LogP contribution >= 0.6 is 0 Å². The Morgan fingerprint density at radius 2 is 1.26 bits per heavy atom. The minimum atomic E-state index is -5.90. The van der Waals surface area contributed by atoms with E-state index in [1.54, 1.807) is 0 Å². The Labute approximate surface area is 184 Å². The largest absolute Gasteiger partial charge is 0.416 e. The topological polar surface area (TPSA) is 97.5 Å². The van der Waals surface area contributed by atoms with Gasteiger partial charge >= 0.3 is 18.5 Å². The lowest BCUT2D eigenvalue weighted by Crippen LogP contribution is -2.49. The zero-order valence-corrected chi connectivity index (χ0v) is 17.3. The monoisotopic (exact) mass is 525 g/mol. The van der Waals surface area contributed by atoms with Gasteiger partial charge in [0.25, 0.3) is 15.8 Å². The van der Waals surface area contributed by atoms with Gasteiger partial charge in [-0.05, 0) is 42.3 Å². The summed E-state index contributed by atoms with van der Waals surface area (Å²) in [7, 11) is -5.71. The molecular formula is C18H12F9NO5S. The molecule has 1 N–H and O–H groups in total. The van der Waals surface area contributed by atoms with Crippen LogP contribution < -0.4 is 0 Å². The zero-order valence-electron chi connectivity index (χ0n) is 16.5. The SMILES string of the molecule is Cc1cc(C(CS(=O)(=O)O)(c2cc(C(F)(F)F)cc(C(F)(F)F)c2)C(F)(F)F)ccc1[N+](=O)[O-]. The molecule has 0 bridgehead atoms. The maximum Gasteiger partial charge on any atom is 0.416 e. The van der Waals surface area contributed by atoms with Crippen molar-refractivity contribution in [2.24, 2.45) is 0 Å². The average molecular weight is 525 g/mol. The Kier molecular flexibility index (Phi) is 6.77. The van der Waals surface area contributed by atoms with Gasteiger partial charge in [0.15, 0.2) is 0 Å². The van der Waals surface area contributed by atoms with Crippen LogP contribution in [-0.4, -0.2) is 29.8 Å². The molecular weight excluding hydrogens is 513 g/mol.